The normalized spacial score (nSPS) is 13.3. The first-order valence-electron chi connectivity index (χ1n) is 9.08. The molecule has 6 nitrogen and oxygen atoms in total. The summed E-state index contributed by atoms with van der Waals surface area (Å²) in [6.45, 7) is 10.7. The van der Waals surface area contributed by atoms with E-state index in [1.165, 1.54) is 18.2 Å². The third-order valence-electron chi connectivity index (χ3n) is 4.64. The number of rotatable bonds is 6. The van der Waals surface area contributed by atoms with Crippen LogP contribution in [-0.2, 0) is 29.3 Å². The molecule has 3 aromatic rings. The summed E-state index contributed by atoms with van der Waals surface area (Å²) in [6.07, 6.45) is -4.48. The predicted molar refractivity (Wildman–Crippen MR) is 106 cm³/mol. The Morgan fingerprint density at radius 3 is 2.43 bits per heavy atom. The maximum Gasteiger partial charge on any atom is 0.416 e. The third-order valence-corrected chi connectivity index (χ3v) is 6.19. The monoisotopic (exact) mass is 436 g/mol. The standard InChI is InChI=1S/C20H19F3N4O2S/c1-4-27-18-11-15(20(21,22)23)7-10-17(18)25-19(27)13(2)26-30(28,29)16-8-5-14(6-9-16)12-24-3/h5-11,13,26H,4,12H2,1-2H3/t13-/m1/s1. The van der Waals surface area contributed by atoms with E-state index in [-0.39, 0.29) is 17.0 Å². The first kappa shape index (κ1) is 21.8. The number of aromatic nitrogens is 2. The second-order valence-corrected chi connectivity index (χ2v) is 8.43. The summed E-state index contributed by atoms with van der Waals surface area (Å²) in [5, 5.41) is 0. The molecule has 158 valence electrons. The van der Waals surface area contributed by atoms with E-state index in [0.717, 1.165) is 12.1 Å². The van der Waals surface area contributed by atoms with Gasteiger partial charge in [0.05, 0.1) is 27.5 Å². The molecule has 0 unspecified atom stereocenters. The SMILES string of the molecule is [C-]#[N+]Cc1ccc(S(=O)(=O)N[C@H](C)c2nc3ccc(C(F)(F)F)cc3n2CC)cc1. The summed E-state index contributed by atoms with van der Waals surface area (Å²) in [6, 6.07) is 8.44. The van der Waals surface area contributed by atoms with Crippen molar-refractivity contribution in [2.75, 3.05) is 0 Å². The van der Waals surface area contributed by atoms with Gasteiger partial charge in [0, 0.05) is 12.1 Å². The van der Waals surface area contributed by atoms with Crippen LogP contribution in [-0.4, -0.2) is 18.0 Å². The average Bonchev–Trinajstić information content (AvgIpc) is 3.05. The highest BCUT2D eigenvalue weighted by Gasteiger charge is 2.31. The molecule has 30 heavy (non-hydrogen) atoms. The maximum absolute atomic E-state index is 13.1. The van der Waals surface area contributed by atoms with E-state index in [1.54, 1.807) is 30.5 Å². The Kier molecular flexibility index (Phi) is 5.87. The van der Waals surface area contributed by atoms with Gasteiger partial charge in [-0.3, -0.25) is 0 Å². The molecule has 0 aliphatic rings. The highest BCUT2D eigenvalue weighted by molar-refractivity contribution is 7.89. The molecule has 0 saturated carbocycles. The fraction of sp³-hybridized carbons (Fsp3) is 0.300. The fourth-order valence-electron chi connectivity index (χ4n) is 3.20. The van der Waals surface area contributed by atoms with Gasteiger partial charge in [-0.25, -0.2) is 24.7 Å². The van der Waals surface area contributed by atoms with Crippen molar-refractivity contribution in [3.63, 3.8) is 0 Å². The molecule has 0 spiro atoms. The molecular formula is C20H19F3N4O2S. The lowest BCUT2D eigenvalue weighted by molar-refractivity contribution is -0.137. The minimum Gasteiger partial charge on any atom is -0.327 e. The molecule has 2 aromatic carbocycles. The number of fused-ring (bicyclic) bond motifs is 1. The molecule has 3 rings (SSSR count). The molecule has 0 aliphatic carbocycles. The van der Waals surface area contributed by atoms with Crippen LogP contribution in [0.15, 0.2) is 47.4 Å². The summed E-state index contributed by atoms with van der Waals surface area (Å²) >= 11 is 0. The Balaban J connectivity index is 1.94. The van der Waals surface area contributed by atoms with Crippen molar-refractivity contribution in [2.24, 2.45) is 0 Å². The second-order valence-electron chi connectivity index (χ2n) is 6.72. The molecule has 1 heterocycles. The number of hydrogen-bond acceptors (Lipinski definition) is 3. The number of halogens is 3. The first-order valence-corrected chi connectivity index (χ1v) is 10.6. The van der Waals surface area contributed by atoms with Crippen molar-refractivity contribution in [2.45, 2.75) is 44.1 Å². The number of benzene rings is 2. The fourth-order valence-corrected chi connectivity index (χ4v) is 4.40. The summed E-state index contributed by atoms with van der Waals surface area (Å²) < 4.78 is 68.7. The van der Waals surface area contributed by atoms with Gasteiger partial charge in [0.15, 0.2) is 0 Å². The van der Waals surface area contributed by atoms with Crippen molar-refractivity contribution in [3.05, 3.63) is 70.8 Å². The lowest BCUT2D eigenvalue weighted by Gasteiger charge is -2.16. The van der Waals surface area contributed by atoms with Gasteiger partial charge in [-0.05, 0) is 44.2 Å². The number of nitrogens with zero attached hydrogens (tertiary/aromatic N) is 3. The van der Waals surface area contributed by atoms with E-state index >= 15 is 0 Å². The topological polar surface area (TPSA) is 68.3 Å². The van der Waals surface area contributed by atoms with Crippen molar-refractivity contribution in [1.29, 1.82) is 0 Å². The van der Waals surface area contributed by atoms with Gasteiger partial charge in [0.1, 0.15) is 5.82 Å². The highest BCUT2D eigenvalue weighted by atomic mass is 32.2. The van der Waals surface area contributed by atoms with Gasteiger partial charge in [-0.2, -0.15) is 13.2 Å². The summed E-state index contributed by atoms with van der Waals surface area (Å²) in [5.74, 6) is 0.319. The predicted octanol–water partition coefficient (Wildman–Crippen LogP) is 4.53. The summed E-state index contributed by atoms with van der Waals surface area (Å²) in [5.41, 5.74) is 0.556. The van der Waals surface area contributed by atoms with Crippen LogP contribution in [0.25, 0.3) is 15.9 Å². The van der Waals surface area contributed by atoms with Crippen LogP contribution in [0.3, 0.4) is 0 Å². The number of nitrogens with one attached hydrogen (secondary N) is 1. The van der Waals surface area contributed by atoms with Crippen LogP contribution in [0.2, 0.25) is 0 Å². The van der Waals surface area contributed by atoms with Crippen LogP contribution in [0.1, 0.15) is 36.8 Å². The molecule has 0 bridgehead atoms. The van der Waals surface area contributed by atoms with Crippen molar-refractivity contribution >= 4 is 21.1 Å². The van der Waals surface area contributed by atoms with Gasteiger partial charge < -0.3 is 9.41 Å². The molecule has 1 aromatic heterocycles. The molecule has 0 radical (unpaired) electrons. The number of alkyl halides is 3. The molecule has 0 saturated heterocycles. The van der Waals surface area contributed by atoms with Crippen molar-refractivity contribution < 1.29 is 21.6 Å². The van der Waals surface area contributed by atoms with Gasteiger partial charge in [0.25, 0.3) is 0 Å². The minimum absolute atomic E-state index is 0.0293. The van der Waals surface area contributed by atoms with Crippen LogP contribution in [0.5, 0.6) is 0 Å². The number of aryl methyl sites for hydroxylation is 1. The zero-order chi connectivity index (χ0) is 22.1. The Morgan fingerprint density at radius 1 is 1.20 bits per heavy atom. The number of sulfonamides is 1. The molecule has 0 fully saturated rings. The van der Waals surface area contributed by atoms with Gasteiger partial charge in [0.2, 0.25) is 16.6 Å². The van der Waals surface area contributed by atoms with Gasteiger partial charge in [-0.1, -0.05) is 12.1 Å². The number of hydrogen-bond donors (Lipinski definition) is 1. The first-order chi connectivity index (χ1) is 14.1. The van der Waals surface area contributed by atoms with Crippen LogP contribution >= 0.6 is 0 Å². The van der Waals surface area contributed by atoms with Crippen LogP contribution in [0.4, 0.5) is 13.2 Å². The molecule has 0 amide bonds. The molecule has 1 atom stereocenters. The second kappa shape index (κ2) is 8.08. The Morgan fingerprint density at radius 2 is 1.87 bits per heavy atom. The quantitative estimate of drug-likeness (QED) is 0.577. The Labute approximate surface area is 172 Å². The summed E-state index contributed by atoms with van der Waals surface area (Å²) in [7, 11) is -3.89. The molecule has 10 heteroatoms. The van der Waals surface area contributed by atoms with E-state index in [4.69, 9.17) is 6.57 Å². The molecular weight excluding hydrogens is 417 g/mol. The lowest BCUT2D eigenvalue weighted by Crippen LogP contribution is -2.28. The van der Waals surface area contributed by atoms with Crippen LogP contribution < -0.4 is 4.72 Å². The smallest absolute Gasteiger partial charge is 0.327 e. The third kappa shape index (κ3) is 4.32. The van der Waals surface area contributed by atoms with E-state index in [1.807, 2.05) is 0 Å². The maximum atomic E-state index is 13.1. The number of imidazole rings is 1. The van der Waals surface area contributed by atoms with Gasteiger partial charge in [-0.15, -0.1) is 0 Å². The van der Waals surface area contributed by atoms with E-state index < -0.39 is 27.8 Å². The lowest BCUT2D eigenvalue weighted by atomic mass is 10.2. The summed E-state index contributed by atoms with van der Waals surface area (Å²) in [4.78, 5) is 7.64. The molecule has 0 aliphatic heterocycles. The van der Waals surface area contributed by atoms with E-state index in [0.29, 0.717) is 23.4 Å². The van der Waals surface area contributed by atoms with Crippen molar-refractivity contribution in [1.82, 2.24) is 14.3 Å². The van der Waals surface area contributed by atoms with Gasteiger partial charge >= 0.3 is 6.18 Å². The van der Waals surface area contributed by atoms with Crippen molar-refractivity contribution in [3.8, 4) is 0 Å². The molecule has 1 N–H and O–H groups in total. The highest BCUT2D eigenvalue weighted by Crippen LogP contribution is 2.32. The minimum atomic E-state index is -4.48. The van der Waals surface area contributed by atoms with Crippen LogP contribution in [0, 0.1) is 6.57 Å². The Hall–Kier alpha value is -2.90. The largest absolute Gasteiger partial charge is 0.416 e. The Bertz CT molecular complexity index is 1210. The van der Waals surface area contributed by atoms with E-state index in [9.17, 15) is 21.6 Å². The average molecular weight is 436 g/mol. The zero-order valence-electron chi connectivity index (χ0n) is 16.2. The zero-order valence-corrected chi connectivity index (χ0v) is 17.0. The van der Waals surface area contributed by atoms with E-state index in [2.05, 4.69) is 14.6 Å².